The Hall–Kier alpha value is -1.32. The van der Waals surface area contributed by atoms with E-state index in [-0.39, 0.29) is 0 Å². The van der Waals surface area contributed by atoms with Gasteiger partial charge in [0, 0.05) is 6.04 Å². The van der Waals surface area contributed by atoms with Crippen LogP contribution in [-0.2, 0) is 12.8 Å². The Bertz CT molecular complexity index is 598. The molecular formula is C18H22BrNO. The third-order valence-corrected chi connectivity index (χ3v) is 4.44. The van der Waals surface area contributed by atoms with Crippen LogP contribution in [0.15, 0.2) is 46.9 Å². The predicted molar refractivity (Wildman–Crippen MR) is 92.0 cm³/mol. The van der Waals surface area contributed by atoms with Gasteiger partial charge in [-0.25, -0.2) is 0 Å². The summed E-state index contributed by atoms with van der Waals surface area (Å²) >= 11 is 3.56. The molecule has 2 aromatic carbocycles. The molecule has 0 saturated carbocycles. The molecule has 0 heterocycles. The van der Waals surface area contributed by atoms with Crippen molar-refractivity contribution in [3.05, 3.63) is 63.6 Å². The summed E-state index contributed by atoms with van der Waals surface area (Å²) in [7, 11) is 3.71. The number of halogens is 1. The van der Waals surface area contributed by atoms with Crippen LogP contribution in [0.4, 0.5) is 0 Å². The fourth-order valence-electron chi connectivity index (χ4n) is 2.64. The van der Waals surface area contributed by atoms with Crippen molar-refractivity contribution < 1.29 is 4.74 Å². The summed E-state index contributed by atoms with van der Waals surface area (Å²) in [6.45, 7) is 2.20. The average molecular weight is 348 g/mol. The lowest BCUT2D eigenvalue weighted by atomic mass is 9.94. The molecule has 0 aliphatic carbocycles. The first-order valence-corrected chi connectivity index (χ1v) is 8.06. The van der Waals surface area contributed by atoms with Crippen LogP contribution in [0.25, 0.3) is 0 Å². The van der Waals surface area contributed by atoms with Crippen molar-refractivity contribution >= 4 is 15.9 Å². The first kappa shape index (κ1) is 16.1. The Labute approximate surface area is 135 Å². The highest BCUT2D eigenvalue weighted by Gasteiger charge is 2.14. The highest BCUT2D eigenvalue weighted by molar-refractivity contribution is 9.10. The summed E-state index contributed by atoms with van der Waals surface area (Å²) in [5, 5.41) is 3.44. The van der Waals surface area contributed by atoms with E-state index in [0.717, 1.165) is 23.1 Å². The van der Waals surface area contributed by atoms with Gasteiger partial charge in [-0.05, 0) is 64.6 Å². The molecule has 2 nitrogen and oxygen atoms in total. The van der Waals surface area contributed by atoms with Gasteiger partial charge in [-0.2, -0.15) is 0 Å². The monoisotopic (exact) mass is 347 g/mol. The minimum absolute atomic E-state index is 0.321. The first-order chi connectivity index (χ1) is 10.2. The standard InChI is InChI=1S/C18H22BrNO/c1-4-14-7-5-6-8-15(14)17(20-2)12-13-9-10-18(21-3)16(19)11-13/h5-11,17,20H,4,12H2,1-3H3. The summed E-state index contributed by atoms with van der Waals surface area (Å²) in [4.78, 5) is 0. The molecular weight excluding hydrogens is 326 g/mol. The maximum Gasteiger partial charge on any atom is 0.133 e. The van der Waals surface area contributed by atoms with Gasteiger partial charge in [-0.15, -0.1) is 0 Å². The third kappa shape index (κ3) is 3.86. The Morgan fingerprint density at radius 2 is 1.95 bits per heavy atom. The first-order valence-electron chi connectivity index (χ1n) is 7.27. The summed E-state index contributed by atoms with van der Waals surface area (Å²) < 4.78 is 6.29. The van der Waals surface area contributed by atoms with E-state index in [1.807, 2.05) is 13.1 Å². The Morgan fingerprint density at radius 3 is 2.57 bits per heavy atom. The Kier molecular flexibility index (Phi) is 5.83. The minimum Gasteiger partial charge on any atom is -0.496 e. The van der Waals surface area contributed by atoms with Gasteiger partial charge in [-0.1, -0.05) is 37.3 Å². The fraction of sp³-hybridized carbons (Fsp3) is 0.333. The van der Waals surface area contributed by atoms with Crippen molar-refractivity contribution in [3.63, 3.8) is 0 Å². The van der Waals surface area contributed by atoms with Gasteiger partial charge < -0.3 is 10.1 Å². The molecule has 1 atom stereocenters. The van der Waals surface area contributed by atoms with Crippen molar-refractivity contribution in [2.75, 3.05) is 14.2 Å². The number of methoxy groups -OCH3 is 1. The molecule has 21 heavy (non-hydrogen) atoms. The molecule has 1 unspecified atom stereocenters. The number of aryl methyl sites for hydroxylation is 1. The van der Waals surface area contributed by atoms with Crippen LogP contribution in [0.2, 0.25) is 0 Å². The zero-order valence-electron chi connectivity index (χ0n) is 12.8. The number of benzene rings is 2. The normalized spacial score (nSPS) is 12.2. The minimum atomic E-state index is 0.321. The lowest BCUT2D eigenvalue weighted by Crippen LogP contribution is -2.20. The molecule has 1 N–H and O–H groups in total. The molecule has 0 bridgehead atoms. The zero-order valence-corrected chi connectivity index (χ0v) is 14.4. The molecule has 0 aliphatic rings. The summed E-state index contributed by atoms with van der Waals surface area (Å²) in [6.07, 6.45) is 2.01. The van der Waals surface area contributed by atoms with Crippen molar-refractivity contribution in [2.45, 2.75) is 25.8 Å². The van der Waals surface area contributed by atoms with E-state index in [1.165, 1.54) is 16.7 Å². The van der Waals surface area contributed by atoms with Crippen molar-refractivity contribution in [2.24, 2.45) is 0 Å². The van der Waals surface area contributed by atoms with E-state index in [4.69, 9.17) is 4.74 Å². The van der Waals surface area contributed by atoms with E-state index in [2.05, 4.69) is 64.6 Å². The molecule has 2 aromatic rings. The third-order valence-electron chi connectivity index (χ3n) is 3.82. The van der Waals surface area contributed by atoms with Crippen LogP contribution in [0.5, 0.6) is 5.75 Å². The van der Waals surface area contributed by atoms with Gasteiger partial charge in [0.15, 0.2) is 0 Å². The molecule has 2 rings (SSSR count). The van der Waals surface area contributed by atoms with Crippen LogP contribution >= 0.6 is 15.9 Å². The molecule has 112 valence electrons. The van der Waals surface area contributed by atoms with E-state index in [9.17, 15) is 0 Å². The maximum absolute atomic E-state index is 5.29. The lowest BCUT2D eigenvalue weighted by Gasteiger charge is -2.20. The highest BCUT2D eigenvalue weighted by Crippen LogP contribution is 2.28. The summed E-state index contributed by atoms with van der Waals surface area (Å²) in [6, 6.07) is 15.3. The van der Waals surface area contributed by atoms with Crippen molar-refractivity contribution in [1.82, 2.24) is 5.32 Å². The van der Waals surface area contributed by atoms with Gasteiger partial charge in [0.1, 0.15) is 5.75 Å². The van der Waals surface area contributed by atoms with Gasteiger partial charge >= 0.3 is 0 Å². The summed E-state index contributed by atoms with van der Waals surface area (Å²) in [5.74, 6) is 0.869. The van der Waals surface area contributed by atoms with Crippen LogP contribution < -0.4 is 10.1 Å². The molecule has 0 amide bonds. The van der Waals surface area contributed by atoms with Gasteiger partial charge in [-0.3, -0.25) is 0 Å². The largest absolute Gasteiger partial charge is 0.496 e. The molecule has 0 aliphatic heterocycles. The van der Waals surface area contributed by atoms with Crippen LogP contribution in [0.3, 0.4) is 0 Å². The van der Waals surface area contributed by atoms with Crippen molar-refractivity contribution in [1.29, 1.82) is 0 Å². The second kappa shape index (κ2) is 7.62. The second-order valence-corrected chi connectivity index (χ2v) is 5.92. The Morgan fingerprint density at radius 1 is 1.19 bits per heavy atom. The highest BCUT2D eigenvalue weighted by atomic mass is 79.9. The van der Waals surface area contributed by atoms with Gasteiger partial charge in [0.25, 0.3) is 0 Å². The predicted octanol–water partition coefficient (Wildman–Crippen LogP) is 4.52. The molecule has 3 heteroatoms. The van der Waals surface area contributed by atoms with E-state index in [1.54, 1.807) is 7.11 Å². The van der Waals surface area contributed by atoms with E-state index in [0.29, 0.717) is 6.04 Å². The molecule has 0 radical (unpaired) electrons. The number of hydrogen-bond acceptors (Lipinski definition) is 2. The number of likely N-dealkylation sites (N-methyl/N-ethyl adjacent to an activating group) is 1. The van der Waals surface area contributed by atoms with E-state index >= 15 is 0 Å². The van der Waals surface area contributed by atoms with Crippen LogP contribution in [0.1, 0.15) is 29.7 Å². The van der Waals surface area contributed by atoms with E-state index < -0.39 is 0 Å². The molecule has 0 fully saturated rings. The van der Waals surface area contributed by atoms with Crippen molar-refractivity contribution in [3.8, 4) is 5.75 Å². The van der Waals surface area contributed by atoms with Gasteiger partial charge in [0.2, 0.25) is 0 Å². The SMILES string of the molecule is CCc1ccccc1C(Cc1ccc(OC)c(Br)c1)NC. The lowest BCUT2D eigenvalue weighted by molar-refractivity contribution is 0.412. The number of ether oxygens (including phenoxy) is 1. The van der Waals surface area contributed by atoms with Gasteiger partial charge in [0.05, 0.1) is 11.6 Å². The zero-order chi connectivity index (χ0) is 15.2. The summed E-state index contributed by atoms with van der Waals surface area (Å²) in [5.41, 5.74) is 4.08. The molecule has 0 aromatic heterocycles. The second-order valence-electron chi connectivity index (χ2n) is 5.07. The smallest absolute Gasteiger partial charge is 0.133 e. The number of hydrogen-bond donors (Lipinski definition) is 1. The molecule has 0 saturated heterocycles. The Balaban J connectivity index is 2.25. The average Bonchev–Trinajstić information content (AvgIpc) is 2.52. The fourth-order valence-corrected chi connectivity index (χ4v) is 3.22. The number of nitrogens with one attached hydrogen (secondary N) is 1. The van der Waals surface area contributed by atoms with Crippen LogP contribution in [0, 0.1) is 0 Å². The maximum atomic E-state index is 5.29. The molecule has 0 spiro atoms. The number of rotatable bonds is 6. The topological polar surface area (TPSA) is 21.3 Å². The van der Waals surface area contributed by atoms with Crippen LogP contribution in [-0.4, -0.2) is 14.2 Å². The quantitative estimate of drug-likeness (QED) is 0.829.